The van der Waals surface area contributed by atoms with Crippen LogP contribution < -0.4 is 10.2 Å². The molecule has 0 heterocycles. The van der Waals surface area contributed by atoms with Crippen LogP contribution in [0.25, 0.3) is 0 Å². The molecule has 0 saturated heterocycles. The van der Waals surface area contributed by atoms with Crippen molar-refractivity contribution in [2.75, 3.05) is 6.61 Å². The van der Waals surface area contributed by atoms with E-state index in [9.17, 15) is 5.11 Å². The van der Waals surface area contributed by atoms with Crippen LogP contribution in [0.15, 0.2) is 18.2 Å². The first-order valence-corrected chi connectivity index (χ1v) is 3.97. The van der Waals surface area contributed by atoms with E-state index in [0.717, 1.165) is 0 Å². The molecule has 0 aliphatic rings. The molecule has 0 bridgehead atoms. The quantitative estimate of drug-likeness (QED) is 0.549. The molecule has 0 amide bonds. The average molecular weight is 182 g/mol. The van der Waals surface area contributed by atoms with Crippen LogP contribution in [0.5, 0.6) is 11.5 Å². The van der Waals surface area contributed by atoms with E-state index in [4.69, 9.17) is 14.8 Å². The highest BCUT2D eigenvalue weighted by atomic mass is 16.5. The third kappa shape index (κ3) is 2.37. The minimum atomic E-state index is -1.68. The average Bonchev–Trinajstić information content (AvgIpc) is 2.08. The Bertz CT molecular complexity index is 287. The van der Waals surface area contributed by atoms with Crippen LogP contribution in [0.3, 0.4) is 0 Å². The van der Waals surface area contributed by atoms with Gasteiger partial charge in [0, 0.05) is 5.46 Å². The number of aromatic hydroxyl groups is 1. The number of hydrogen-bond acceptors (Lipinski definition) is 4. The summed E-state index contributed by atoms with van der Waals surface area (Å²) in [7, 11) is -1.68. The third-order valence-electron chi connectivity index (χ3n) is 1.59. The first-order chi connectivity index (χ1) is 6.15. The van der Waals surface area contributed by atoms with Crippen molar-refractivity contribution >= 4 is 12.6 Å². The Hall–Kier alpha value is -1.20. The Morgan fingerprint density at radius 1 is 1.38 bits per heavy atom. The fourth-order valence-electron chi connectivity index (χ4n) is 0.996. The molecule has 0 aliphatic heterocycles. The minimum Gasteiger partial charge on any atom is -0.508 e. The Kier molecular flexibility index (Phi) is 3.16. The zero-order valence-electron chi connectivity index (χ0n) is 7.27. The number of benzene rings is 1. The summed E-state index contributed by atoms with van der Waals surface area (Å²) in [6, 6.07) is 4.31. The maximum Gasteiger partial charge on any atom is 0.492 e. The van der Waals surface area contributed by atoms with Crippen molar-refractivity contribution in [3.05, 3.63) is 18.2 Å². The van der Waals surface area contributed by atoms with Crippen molar-refractivity contribution in [1.29, 1.82) is 0 Å². The Labute approximate surface area is 76.6 Å². The summed E-state index contributed by atoms with van der Waals surface area (Å²) in [5, 5.41) is 26.9. The van der Waals surface area contributed by atoms with Gasteiger partial charge >= 0.3 is 7.12 Å². The SMILES string of the molecule is CCOc1ccc(O)c(B(O)O)c1. The summed E-state index contributed by atoms with van der Waals surface area (Å²) in [6.07, 6.45) is 0. The van der Waals surface area contributed by atoms with E-state index in [0.29, 0.717) is 12.4 Å². The molecule has 0 saturated carbocycles. The van der Waals surface area contributed by atoms with Crippen LogP contribution >= 0.6 is 0 Å². The van der Waals surface area contributed by atoms with Crippen molar-refractivity contribution < 1.29 is 19.9 Å². The molecule has 0 aliphatic carbocycles. The van der Waals surface area contributed by atoms with Gasteiger partial charge in [0.25, 0.3) is 0 Å². The van der Waals surface area contributed by atoms with Crippen molar-refractivity contribution in [3.8, 4) is 11.5 Å². The molecule has 1 aromatic rings. The fraction of sp³-hybridized carbons (Fsp3) is 0.250. The smallest absolute Gasteiger partial charge is 0.492 e. The molecule has 4 nitrogen and oxygen atoms in total. The van der Waals surface area contributed by atoms with Gasteiger partial charge in [-0.3, -0.25) is 0 Å². The fourth-order valence-corrected chi connectivity index (χ4v) is 0.996. The minimum absolute atomic E-state index is 0.0472. The summed E-state index contributed by atoms with van der Waals surface area (Å²) < 4.78 is 5.12. The number of ether oxygens (including phenoxy) is 1. The molecule has 0 unspecified atom stereocenters. The van der Waals surface area contributed by atoms with E-state index in [1.54, 1.807) is 6.07 Å². The van der Waals surface area contributed by atoms with Crippen LogP contribution in [-0.4, -0.2) is 28.9 Å². The molecule has 0 aromatic heterocycles. The molecule has 3 N–H and O–H groups in total. The normalized spacial score (nSPS) is 9.77. The van der Waals surface area contributed by atoms with Gasteiger partial charge in [-0.25, -0.2) is 0 Å². The highest BCUT2D eigenvalue weighted by Gasteiger charge is 2.16. The lowest BCUT2D eigenvalue weighted by molar-refractivity contribution is 0.339. The van der Waals surface area contributed by atoms with Gasteiger partial charge in [0.15, 0.2) is 0 Å². The lowest BCUT2D eigenvalue weighted by Crippen LogP contribution is -2.30. The number of phenolic OH excluding ortho intramolecular Hbond substituents is 1. The molecule has 0 fully saturated rings. The first kappa shape index (κ1) is 9.89. The highest BCUT2D eigenvalue weighted by Crippen LogP contribution is 2.14. The Morgan fingerprint density at radius 3 is 2.62 bits per heavy atom. The molecule has 0 atom stereocenters. The predicted octanol–water partition coefficient (Wildman–Crippen LogP) is -0.529. The van der Waals surface area contributed by atoms with Crippen LogP contribution in [0.4, 0.5) is 0 Å². The Balaban J connectivity index is 2.97. The van der Waals surface area contributed by atoms with Gasteiger partial charge in [0.2, 0.25) is 0 Å². The summed E-state index contributed by atoms with van der Waals surface area (Å²) in [5.74, 6) is 0.349. The molecule has 5 heteroatoms. The number of hydrogen-bond donors (Lipinski definition) is 3. The zero-order chi connectivity index (χ0) is 9.84. The molecule has 1 rings (SSSR count). The number of rotatable bonds is 3. The first-order valence-electron chi connectivity index (χ1n) is 3.97. The van der Waals surface area contributed by atoms with Gasteiger partial charge in [-0.1, -0.05) is 0 Å². The predicted molar refractivity (Wildman–Crippen MR) is 49.1 cm³/mol. The topological polar surface area (TPSA) is 69.9 Å². The largest absolute Gasteiger partial charge is 0.508 e. The third-order valence-corrected chi connectivity index (χ3v) is 1.59. The summed E-state index contributed by atoms with van der Waals surface area (Å²) in [5.41, 5.74) is 0.0472. The zero-order valence-corrected chi connectivity index (χ0v) is 7.27. The Morgan fingerprint density at radius 2 is 2.08 bits per heavy atom. The van der Waals surface area contributed by atoms with Gasteiger partial charge < -0.3 is 19.9 Å². The second-order valence-electron chi connectivity index (χ2n) is 2.53. The van der Waals surface area contributed by atoms with Gasteiger partial charge in [0.05, 0.1) is 6.61 Å². The van der Waals surface area contributed by atoms with Gasteiger partial charge in [-0.2, -0.15) is 0 Å². The van der Waals surface area contributed by atoms with Crippen LogP contribution in [0.1, 0.15) is 6.92 Å². The van der Waals surface area contributed by atoms with E-state index in [2.05, 4.69) is 0 Å². The van der Waals surface area contributed by atoms with Gasteiger partial charge in [-0.05, 0) is 25.1 Å². The van der Waals surface area contributed by atoms with Crippen molar-refractivity contribution in [2.45, 2.75) is 6.92 Å². The van der Waals surface area contributed by atoms with Gasteiger partial charge in [0.1, 0.15) is 11.5 Å². The highest BCUT2D eigenvalue weighted by molar-refractivity contribution is 6.59. The van der Waals surface area contributed by atoms with E-state index in [1.165, 1.54) is 12.1 Å². The molecule has 0 radical (unpaired) electrons. The lowest BCUT2D eigenvalue weighted by atomic mass is 9.79. The van der Waals surface area contributed by atoms with Crippen LogP contribution in [-0.2, 0) is 0 Å². The molecule has 1 aromatic carbocycles. The second-order valence-corrected chi connectivity index (χ2v) is 2.53. The molecule has 13 heavy (non-hydrogen) atoms. The van der Waals surface area contributed by atoms with E-state index < -0.39 is 7.12 Å². The molecular formula is C8H11BO4. The lowest BCUT2D eigenvalue weighted by Gasteiger charge is -2.07. The van der Waals surface area contributed by atoms with Crippen LogP contribution in [0.2, 0.25) is 0 Å². The molecular weight excluding hydrogens is 171 g/mol. The van der Waals surface area contributed by atoms with Crippen molar-refractivity contribution in [3.63, 3.8) is 0 Å². The molecule has 0 spiro atoms. The van der Waals surface area contributed by atoms with E-state index in [1.807, 2.05) is 6.92 Å². The maximum absolute atomic E-state index is 9.20. The number of phenols is 1. The summed E-state index contributed by atoms with van der Waals surface area (Å²) in [4.78, 5) is 0. The van der Waals surface area contributed by atoms with E-state index in [-0.39, 0.29) is 11.2 Å². The second kappa shape index (κ2) is 4.16. The molecule has 70 valence electrons. The monoisotopic (exact) mass is 182 g/mol. The van der Waals surface area contributed by atoms with E-state index >= 15 is 0 Å². The van der Waals surface area contributed by atoms with Gasteiger partial charge in [-0.15, -0.1) is 0 Å². The van der Waals surface area contributed by atoms with Crippen molar-refractivity contribution in [1.82, 2.24) is 0 Å². The van der Waals surface area contributed by atoms with Crippen molar-refractivity contribution in [2.24, 2.45) is 0 Å². The summed E-state index contributed by atoms with van der Waals surface area (Å²) >= 11 is 0. The standard InChI is InChI=1S/C8H11BO4/c1-2-13-6-3-4-8(10)7(5-6)9(11)12/h3-5,10-12H,2H2,1H3. The maximum atomic E-state index is 9.20. The summed E-state index contributed by atoms with van der Waals surface area (Å²) in [6.45, 7) is 2.31. The van der Waals surface area contributed by atoms with Crippen LogP contribution in [0, 0.1) is 0 Å².